The van der Waals surface area contributed by atoms with Crippen LogP contribution in [0, 0.1) is 19.3 Å². The molecule has 0 atom stereocenters. The summed E-state index contributed by atoms with van der Waals surface area (Å²) in [5.74, 6) is 3.87. The molecule has 114 valence electrons. The predicted molar refractivity (Wildman–Crippen MR) is 96.1 cm³/mol. The predicted octanol–water partition coefficient (Wildman–Crippen LogP) is 4.62. The van der Waals surface area contributed by atoms with E-state index in [1.165, 1.54) is 11.8 Å². The molecular weight excluding hydrogens is 326 g/mol. The van der Waals surface area contributed by atoms with Gasteiger partial charge in [-0.15, -0.1) is 16.6 Å². The van der Waals surface area contributed by atoms with Crippen molar-refractivity contribution in [2.45, 2.75) is 12.1 Å². The van der Waals surface area contributed by atoms with E-state index < -0.39 is 0 Å². The quantitative estimate of drug-likeness (QED) is 0.513. The summed E-state index contributed by atoms with van der Waals surface area (Å²) in [7, 11) is 0. The van der Waals surface area contributed by atoms with E-state index >= 15 is 0 Å². The Hall–Kier alpha value is -2.22. The van der Waals surface area contributed by atoms with Crippen LogP contribution in [-0.4, -0.2) is 20.5 Å². The lowest BCUT2D eigenvalue weighted by atomic mass is 10.1. The van der Waals surface area contributed by atoms with Crippen LogP contribution in [0.15, 0.2) is 53.7 Å². The molecule has 23 heavy (non-hydrogen) atoms. The number of benzene rings is 2. The fraction of sp³-hybridized carbons (Fsp3) is 0.111. The van der Waals surface area contributed by atoms with Gasteiger partial charge in [-0.3, -0.25) is 4.57 Å². The van der Waals surface area contributed by atoms with E-state index in [2.05, 4.69) is 29.1 Å². The highest BCUT2D eigenvalue weighted by Gasteiger charge is 2.18. The van der Waals surface area contributed by atoms with E-state index in [0.717, 1.165) is 22.0 Å². The van der Waals surface area contributed by atoms with Crippen molar-refractivity contribution in [2.75, 3.05) is 5.75 Å². The minimum Gasteiger partial charge on any atom is -0.270 e. The Morgan fingerprint density at radius 3 is 2.61 bits per heavy atom. The van der Waals surface area contributed by atoms with Gasteiger partial charge in [-0.2, -0.15) is 0 Å². The number of hydrogen-bond acceptors (Lipinski definition) is 3. The Bertz CT molecular complexity index is 880. The van der Waals surface area contributed by atoms with Crippen LogP contribution in [0.25, 0.3) is 17.1 Å². The van der Waals surface area contributed by atoms with Gasteiger partial charge in [-0.05, 0) is 30.7 Å². The summed E-state index contributed by atoms with van der Waals surface area (Å²) in [6, 6.07) is 15.7. The van der Waals surface area contributed by atoms with Gasteiger partial charge in [0.1, 0.15) is 0 Å². The average molecular weight is 340 g/mol. The molecule has 0 amide bonds. The van der Waals surface area contributed by atoms with Gasteiger partial charge < -0.3 is 0 Å². The van der Waals surface area contributed by atoms with E-state index in [-0.39, 0.29) is 0 Å². The molecule has 0 N–H and O–H groups in total. The zero-order chi connectivity index (χ0) is 16.2. The Kier molecular flexibility index (Phi) is 4.71. The summed E-state index contributed by atoms with van der Waals surface area (Å²) in [6.45, 7) is 2.06. The van der Waals surface area contributed by atoms with Gasteiger partial charge in [0, 0.05) is 5.56 Å². The average Bonchev–Trinajstić information content (AvgIpc) is 2.97. The number of thioether (sulfide) groups is 1. The molecule has 3 rings (SSSR count). The van der Waals surface area contributed by atoms with Crippen LogP contribution in [0.4, 0.5) is 0 Å². The lowest BCUT2D eigenvalue weighted by Gasteiger charge is -2.13. The molecule has 1 aromatic heterocycles. The zero-order valence-corrected chi connectivity index (χ0v) is 14.1. The van der Waals surface area contributed by atoms with Crippen LogP contribution in [0.5, 0.6) is 0 Å². The van der Waals surface area contributed by atoms with Crippen molar-refractivity contribution in [2.24, 2.45) is 0 Å². The van der Waals surface area contributed by atoms with E-state index in [9.17, 15) is 0 Å². The van der Waals surface area contributed by atoms with Gasteiger partial charge in [-0.1, -0.05) is 59.6 Å². The lowest BCUT2D eigenvalue weighted by molar-refractivity contribution is 0.882. The number of halogens is 1. The van der Waals surface area contributed by atoms with Crippen LogP contribution in [0.1, 0.15) is 5.56 Å². The molecule has 0 fully saturated rings. The van der Waals surface area contributed by atoms with Crippen molar-refractivity contribution < 1.29 is 0 Å². The third-order valence-electron chi connectivity index (χ3n) is 3.39. The topological polar surface area (TPSA) is 30.7 Å². The first-order chi connectivity index (χ1) is 11.2. The molecule has 0 spiro atoms. The Morgan fingerprint density at radius 2 is 1.87 bits per heavy atom. The number of hydrogen-bond donors (Lipinski definition) is 0. The molecule has 0 aliphatic rings. The van der Waals surface area contributed by atoms with Gasteiger partial charge >= 0.3 is 0 Å². The monoisotopic (exact) mass is 339 g/mol. The first kappa shape index (κ1) is 15.7. The second-order valence-corrected chi connectivity index (χ2v) is 6.25. The largest absolute Gasteiger partial charge is 0.270 e. The second-order valence-electron chi connectivity index (χ2n) is 4.90. The highest BCUT2D eigenvalue weighted by atomic mass is 35.5. The summed E-state index contributed by atoms with van der Waals surface area (Å²) in [4.78, 5) is 0. The smallest absolute Gasteiger partial charge is 0.197 e. The third kappa shape index (κ3) is 3.12. The number of rotatable bonds is 4. The second kappa shape index (κ2) is 6.91. The maximum Gasteiger partial charge on any atom is 0.197 e. The van der Waals surface area contributed by atoms with Crippen LogP contribution >= 0.6 is 23.4 Å². The van der Waals surface area contributed by atoms with Gasteiger partial charge in [0.25, 0.3) is 0 Å². The lowest BCUT2D eigenvalue weighted by Crippen LogP contribution is -2.02. The Labute approximate surface area is 144 Å². The van der Waals surface area contributed by atoms with Crippen molar-refractivity contribution in [1.82, 2.24) is 14.8 Å². The first-order valence-electron chi connectivity index (χ1n) is 7.05. The van der Waals surface area contributed by atoms with E-state index in [1.54, 1.807) is 0 Å². The van der Waals surface area contributed by atoms with Crippen LogP contribution in [0.2, 0.25) is 5.02 Å². The fourth-order valence-electron chi connectivity index (χ4n) is 2.32. The molecule has 3 aromatic rings. The normalized spacial score (nSPS) is 10.5. The summed E-state index contributed by atoms with van der Waals surface area (Å²) < 4.78 is 2.01. The maximum absolute atomic E-state index is 6.35. The fourth-order valence-corrected chi connectivity index (χ4v) is 3.16. The third-order valence-corrected chi connectivity index (χ3v) is 4.55. The van der Waals surface area contributed by atoms with Gasteiger partial charge in [0.2, 0.25) is 0 Å². The summed E-state index contributed by atoms with van der Waals surface area (Å²) in [5, 5.41) is 10.1. The minimum atomic E-state index is 0.534. The maximum atomic E-state index is 6.35. The molecule has 5 heteroatoms. The van der Waals surface area contributed by atoms with Crippen molar-refractivity contribution in [3.05, 3.63) is 59.1 Å². The summed E-state index contributed by atoms with van der Waals surface area (Å²) in [5.41, 5.74) is 2.99. The Balaban J connectivity index is 2.22. The summed E-state index contributed by atoms with van der Waals surface area (Å²) in [6.07, 6.45) is 5.39. The Morgan fingerprint density at radius 1 is 1.13 bits per heavy atom. The number of para-hydroxylation sites is 1. The van der Waals surface area contributed by atoms with Gasteiger partial charge in [0.05, 0.1) is 16.5 Å². The highest BCUT2D eigenvalue weighted by molar-refractivity contribution is 7.99. The van der Waals surface area contributed by atoms with E-state index in [4.69, 9.17) is 18.0 Å². The standard InChI is InChI=1S/C18H14ClN3S/c1-3-12-23-18-21-20-17(14-9-5-6-10-15(14)19)22(18)16-11-7-4-8-13(16)2/h1,4-11H,12H2,2H3. The molecule has 0 radical (unpaired) electrons. The molecule has 0 aliphatic carbocycles. The van der Waals surface area contributed by atoms with Crippen molar-refractivity contribution >= 4 is 23.4 Å². The molecule has 0 unspecified atom stereocenters. The van der Waals surface area contributed by atoms with Crippen LogP contribution < -0.4 is 0 Å². The zero-order valence-electron chi connectivity index (χ0n) is 12.5. The number of nitrogens with zero attached hydrogens (tertiary/aromatic N) is 3. The molecule has 3 nitrogen and oxygen atoms in total. The van der Waals surface area contributed by atoms with Crippen molar-refractivity contribution in [1.29, 1.82) is 0 Å². The molecule has 2 aromatic carbocycles. The summed E-state index contributed by atoms with van der Waals surface area (Å²) >= 11 is 7.83. The van der Waals surface area contributed by atoms with E-state index in [1.807, 2.05) is 47.0 Å². The molecule has 0 bridgehead atoms. The molecule has 1 heterocycles. The SMILES string of the molecule is C#CCSc1nnc(-c2ccccc2Cl)n1-c1ccccc1C. The minimum absolute atomic E-state index is 0.534. The number of aromatic nitrogens is 3. The van der Waals surface area contributed by atoms with Crippen molar-refractivity contribution in [3.8, 4) is 29.4 Å². The molecular formula is C18H14ClN3S. The van der Waals surface area contributed by atoms with Gasteiger partial charge in [-0.25, -0.2) is 0 Å². The van der Waals surface area contributed by atoms with Crippen LogP contribution in [-0.2, 0) is 0 Å². The molecule has 0 saturated carbocycles. The molecule has 0 aliphatic heterocycles. The number of aryl methyl sites for hydroxylation is 1. The van der Waals surface area contributed by atoms with Crippen LogP contribution in [0.3, 0.4) is 0 Å². The first-order valence-corrected chi connectivity index (χ1v) is 8.41. The van der Waals surface area contributed by atoms with Crippen molar-refractivity contribution in [3.63, 3.8) is 0 Å². The van der Waals surface area contributed by atoms with E-state index in [0.29, 0.717) is 16.6 Å². The molecule has 0 saturated heterocycles. The van der Waals surface area contributed by atoms with Gasteiger partial charge in [0.15, 0.2) is 11.0 Å². The highest BCUT2D eigenvalue weighted by Crippen LogP contribution is 2.32. The number of terminal acetylenes is 1.